The second kappa shape index (κ2) is 5.27. The zero-order chi connectivity index (χ0) is 10.2. The van der Waals surface area contributed by atoms with Crippen LogP contribution in [0.5, 0.6) is 0 Å². The second-order valence-electron chi connectivity index (χ2n) is 2.36. The largest absolute Gasteiger partial charge is 1.00 e. The van der Waals surface area contributed by atoms with E-state index in [-0.39, 0.29) is 57.5 Å². The quantitative estimate of drug-likeness (QED) is 0.366. The van der Waals surface area contributed by atoms with Crippen LogP contribution in [0.15, 0.2) is 12.1 Å². The minimum Gasteiger partial charge on any atom is -0.445 e. The predicted octanol–water partition coefficient (Wildman–Crippen LogP) is -0.323. The molecule has 0 aliphatic carbocycles. The maximum absolute atomic E-state index is 12.4. The monoisotopic (exact) mass is 254 g/mol. The molecule has 14 heavy (non-hydrogen) atoms. The van der Waals surface area contributed by atoms with Crippen molar-refractivity contribution < 1.29 is 73.1 Å². The normalized spacial score (nSPS) is 11.0. The Balaban J connectivity index is 0.00000169. The summed E-state index contributed by atoms with van der Waals surface area (Å²) in [5.41, 5.74) is -1.32. The molecule has 0 radical (unpaired) electrons. The minimum absolute atomic E-state index is 0. The van der Waals surface area contributed by atoms with E-state index < -0.39 is 29.1 Å². The van der Waals surface area contributed by atoms with Crippen LogP contribution in [0.3, 0.4) is 0 Å². The molecule has 0 bridgehead atoms. The smallest absolute Gasteiger partial charge is 0.445 e. The number of hydrogen-bond acceptors (Lipinski definition) is 0. The molecule has 0 N–H and O–H groups in total. The van der Waals surface area contributed by atoms with E-state index >= 15 is 0 Å². The van der Waals surface area contributed by atoms with Crippen LogP contribution in [0, 0.1) is 11.6 Å². The molecule has 1 aromatic carbocycles. The van der Waals surface area contributed by atoms with Gasteiger partial charge in [0.15, 0.2) is 11.6 Å². The Kier molecular flexibility index (Phi) is 5.59. The third kappa shape index (κ3) is 3.46. The molecule has 0 saturated heterocycles. The Labute approximate surface area is 124 Å². The fourth-order valence-corrected chi connectivity index (χ4v) is 1.06. The van der Waals surface area contributed by atoms with Crippen LogP contribution < -0.4 is 56.8 Å². The summed E-state index contributed by atoms with van der Waals surface area (Å²) in [5.74, 6) is -2.95. The first-order valence-electron chi connectivity index (χ1n) is 3.16. The van der Waals surface area contributed by atoms with Gasteiger partial charge in [0, 0.05) is 5.02 Å². The maximum Gasteiger partial charge on any atom is 1.00 e. The molecule has 0 unspecified atom stereocenters. The molecule has 0 heterocycles. The van der Waals surface area contributed by atoms with Gasteiger partial charge in [-0.05, 0) is 12.1 Å². The maximum atomic E-state index is 12.4. The van der Waals surface area contributed by atoms with Gasteiger partial charge in [0.05, 0.1) is 0 Å². The molecule has 0 aliphatic heterocycles. The zero-order valence-electron chi connectivity index (χ0n) is 7.00. The van der Waals surface area contributed by atoms with Crippen molar-refractivity contribution in [3.63, 3.8) is 0 Å². The predicted molar refractivity (Wildman–Crippen MR) is 40.1 cm³/mol. The van der Waals surface area contributed by atoms with Gasteiger partial charge in [0.25, 0.3) is 0 Å². The molecule has 0 atom stereocenters. The summed E-state index contributed by atoms with van der Waals surface area (Å²) in [4.78, 5) is 0. The molecule has 0 amide bonds. The zero-order valence-corrected chi connectivity index (χ0v) is 10.9. The van der Waals surface area contributed by atoms with Gasteiger partial charge in [-0.3, -0.25) is 0 Å². The van der Waals surface area contributed by atoms with E-state index in [2.05, 4.69) is 0 Å². The Bertz CT molecular complexity index is 340. The summed E-state index contributed by atoms with van der Waals surface area (Å²) < 4.78 is 60.8. The van der Waals surface area contributed by atoms with Crippen molar-refractivity contribution >= 4 is 24.0 Å². The molecule has 1 aromatic rings. The molecule has 72 valence electrons. The van der Waals surface area contributed by atoms with Crippen molar-refractivity contribution in [2.24, 2.45) is 0 Å². The van der Waals surface area contributed by atoms with Crippen LogP contribution in [0.2, 0.25) is 5.02 Å². The average Bonchev–Trinajstić information content (AvgIpc) is 1.94. The van der Waals surface area contributed by atoms with Gasteiger partial charge in [-0.2, -0.15) is 0 Å². The Morgan fingerprint density at radius 3 is 1.86 bits per heavy atom. The van der Waals surface area contributed by atoms with Gasteiger partial charge in [-0.25, -0.2) is 8.78 Å². The van der Waals surface area contributed by atoms with Crippen molar-refractivity contribution in [1.29, 1.82) is 0 Å². The molecule has 0 fully saturated rings. The van der Waals surface area contributed by atoms with E-state index in [9.17, 15) is 21.7 Å². The van der Waals surface area contributed by atoms with E-state index in [1.165, 1.54) is 0 Å². The van der Waals surface area contributed by atoms with E-state index in [0.29, 0.717) is 6.07 Å². The second-order valence-corrected chi connectivity index (χ2v) is 2.77. The third-order valence-corrected chi connectivity index (χ3v) is 1.72. The first-order valence-corrected chi connectivity index (χ1v) is 3.54. The number of benzene rings is 1. The summed E-state index contributed by atoms with van der Waals surface area (Å²) in [7, 11) is 0. The summed E-state index contributed by atoms with van der Waals surface area (Å²) in [5, 5.41) is -0.827. The van der Waals surface area contributed by atoms with Crippen LogP contribution in [-0.2, 0) is 0 Å². The number of rotatable bonds is 1. The van der Waals surface area contributed by atoms with Gasteiger partial charge in [-0.1, -0.05) is 17.1 Å². The minimum atomic E-state index is -5.40. The first-order chi connectivity index (χ1) is 5.82. The standard InChI is InChI=1S/C6H2BClF5.K/c8-4-2-6(10)5(9)1-3(4)7(11,12)13;/h1-2H;/q-1;+1. The van der Waals surface area contributed by atoms with Crippen molar-refractivity contribution in [2.45, 2.75) is 0 Å². The van der Waals surface area contributed by atoms with Gasteiger partial charge in [-0.15, -0.1) is 0 Å². The molecular weight excluding hydrogens is 252 g/mol. The van der Waals surface area contributed by atoms with Gasteiger partial charge >= 0.3 is 58.4 Å². The summed E-state index contributed by atoms with van der Waals surface area (Å²) >= 11 is 5.08. The summed E-state index contributed by atoms with van der Waals surface area (Å²) in [6.45, 7) is -5.40. The van der Waals surface area contributed by atoms with Crippen molar-refractivity contribution in [1.82, 2.24) is 0 Å². The van der Waals surface area contributed by atoms with Crippen molar-refractivity contribution in [2.75, 3.05) is 0 Å². The molecule has 0 spiro atoms. The van der Waals surface area contributed by atoms with Crippen LogP contribution >= 0.6 is 11.6 Å². The van der Waals surface area contributed by atoms with E-state index in [0.717, 1.165) is 0 Å². The summed E-state index contributed by atoms with van der Waals surface area (Å²) in [6.07, 6.45) is 0. The van der Waals surface area contributed by atoms with E-state index in [1.807, 2.05) is 0 Å². The van der Waals surface area contributed by atoms with Gasteiger partial charge in [0.1, 0.15) is 0 Å². The molecule has 0 nitrogen and oxygen atoms in total. The third-order valence-electron chi connectivity index (χ3n) is 1.39. The Morgan fingerprint density at radius 2 is 1.43 bits per heavy atom. The summed E-state index contributed by atoms with van der Waals surface area (Å²) in [6, 6.07) is 0.360. The SMILES string of the molecule is Fc1cc(Cl)c([B-](F)(F)F)cc1F.[K+]. The Hall–Kier alpha value is 0.861. The van der Waals surface area contributed by atoms with Crippen LogP contribution in [-0.4, -0.2) is 6.98 Å². The first kappa shape index (κ1) is 14.9. The fraction of sp³-hybridized carbons (Fsp3) is 0. The van der Waals surface area contributed by atoms with Crippen molar-refractivity contribution in [3.8, 4) is 0 Å². The molecule has 0 aliphatic rings. The van der Waals surface area contributed by atoms with Gasteiger partial charge in [0.2, 0.25) is 0 Å². The molecular formula is C6H2BClF5K. The van der Waals surface area contributed by atoms with E-state index in [4.69, 9.17) is 11.6 Å². The van der Waals surface area contributed by atoms with E-state index in [1.54, 1.807) is 0 Å². The fourth-order valence-electron chi connectivity index (χ4n) is 0.789. The van der Waals surface area contributed by atoms with Crippen LogP contribution in [0.25, 0.3) is 0 Å². The van der Waals surface area contributed by atoms with Crippen LogP contribution in [0.1, 0.15) is 0 Å². The number of halogens is 6. The molecule has 1 rings (SSSR count). The average molecular weight is 254 g/mol. The van der Waals surface area contributed by atoms with Crippen molar-refractivity contribution in [3.05, 3.63) is 28.8 Å². The van der Waals surface area contributed by atoms with Gasteiger partial charge < -0.3 is 12.9 Å². The Morgan fingerprint density at radius 1 is 1.00 bits per heavy atom. The molecule has 0 saturated carbocycles. The molecule has 0 aromatic heterocycles. The molecule has 8 heteroatoms. The van der Waals surface area contributed by atoms with Crippen LogP contribution in [0.4, 0.5) is 21.7 Å². The topological polar surface area (TPSA) is 0 Å². The number of hydrogen-bond donors (Lipinski definition) is 0.